The van der Waals surface area contributed by atoms with Crippen molar-refractivity contribution in [1.29, 1.82) is 0 Å². The first-order valence-corrected chi connectivity index (χ1v) is 6.16. The number of aromatic nitrogens is 2. The highest BCUT2D eigenvalue weighted by Crippen LogP contribution is 2.04. The van der Waals surface area contributed by atoms with Gasteiger partial charge in [-0.3, -0.25) is 4.79 Å². The third kappa shape index (κ3) is 3.31. The van der Waals surface area contributed by atoms with E-state index >= 15 is 0 Å². The van der Waals surface area contributed by atoms with Gasteiger partial charge in [-0.1, -0.05) is 0 Å². The molecule has 3 N–H and O–H groups in total. The Morgan fingerprint density at radius 3 is 2.75 bits per heavy atom. The summed E-state index contributed by atoms with van der Waals surface area (Å²) in [6, 6.07) is 0. The minimum absolute atomic E-state index is 0.00177. The van der Waals surface area contributed by atoms with Crippen LogP contribution in [0.5, 0.6) is 0 Å². The van der Waals surface area contributed by atoms with E-state index in [-0.39, 0.29) is 23.9 Å². The SMILES string of the molecule is CNC(=O)CCNS(=O)(=O)c1cnc(C)[nH]1. The lowest BCUT2D eigenvalue weighted by Crippen LogP contribution is -2.29. The Balaban J connectivity index is 2.56. The fourth-order valence-electron chi connectivity index (χ4n) is 1.04. The van der Waals surface area contributed by atoms with Crippen molar-refractivity contribution in [2.24, 2.45) is 0 Å². The molecular formula is C8H14N4O3S. The molecule has 7 nitrogen and oxygen atoms in total. The monoisotopic (exact) mass is 246 g/mol. The Hall–Kier alpha value is -1.41. The van der Waals surface area contributed by atoms with Gasteiger partial charge in [-0.25, -0.2) is 18.1 Å². The van der Waals surface area contributed by atoms with E-state index in [1.807, 2.05) is 0 Å². The average Bonchev–Trinajstić information content (AvgIpc) is 2.65. The first-order valence-electron chi connectivity index (χ1n) is 4.67. The Morgan fingerprint density at radius 2 is 2.25 bits per heavy atom. The van der Waals surface area contributed by atoms with Gasteiger partial charge in [-0.2, -0.15) is 0 Å². The van der Waals surface area contributed by atoms with E-state index in [1.54, 1.807) is 6.92 Å². The highest BCUT2D eigenvalue weighted by molar-refractivity contribution is 7.89. The van der Waals surface area contributed by atoms with Crippen LogP contribution in [0.15, 0.2) is 11.2 Å². The summed E-state index contributed by atoms with van der Waals surface area (Å²) in [5, 5.41) is 2.40. The normalized spacial score (nSPS) is 11.4. The summed E-state index contributed by atoms with van der Waals surface area (Å²) >= 11 is 0. The van der Waals surface area contributed by atoms with E-state index < -0.39 is 10.0 Å². The van der Waals surface area contributed by atoms with Gasteiger partial charge in [0.1, 0.15) is 5.82 Å². The topological polar surface area (TPSA) is 104 Å². The first-order chi connectivity index (χ1) is 7.45. The molecule has 0 bridgehead atoms. The second-order valence-corrected chi connectivity index (χ2v) is 4.89. The van der Waals surface area contributed by atoms with Crippen LogP contribution < -0.4 is 10.0 Å². The Kier molecular flexibility index (Phi) is 4.02. The van der Waals surface area contributed by atoms with Crippen LogP contribution in [0.1, 0.15) is 12.2 Å². The molecule has 1 rings (SSSR count). The average molecular weight is 246 g/mol. The fraction of sp³-hybridized carbons (Fsp3) is 0.500. The van der Waals surface area contributed by atoms with Gasteiger partial charge in [-0.05, 0) is 6.92 Å². The lowest BCUT2D eigenvalue weighted by molar-refractivity contribution is -0.120. The molecular weight excluding hydrogens is 232 g/mol. The predicted octanol–water partition coefficient (Wildman–Crippen LogP) is -0.867. The molecule has 8 heteroatoms. The summed E-state index contributed by atoms with van der Waals surface area (Å²) in [5.41, 5.74) is 0. The van der Waals surface area contributed by atoms with Gasteiger partial charge in [-0.15, -0.1) is 0 Å². The standard InChI is InChI=1S/C8H14N4O3S/c1-6-10-5-8(12-6)16(14,15)11-4-3-7(13)9-2/h5,11H,3-4H2,1-2H3,(H,9,13)(H,10,12). The molecule has 1 heterocycles. The van der Waals surface area contributed by atoms with Crippen molar-refractivity contribution in [2.45, 2.75) is 18.4 Å². The number of aryl methyl sites for hydroxylation is 1. The molecule has 0 radical (unpaired) electrons. The molecule has 1 amide bonds. The number of hydrogen-bond donors (Lipinski definition) is 3. The Labute approximate surface area is 93.7 Å². The lowest BCUT2D eigenvalue weighted by Gasteiger charge is -2.03. The molecule has 1 aromatic heterocycles. The zero-order chi connectivity index (χ0) is 12.2. The number of nitrogens with zero attached hydrogens (tertiary/aromatic N) is 1. The zero-order valence-electron chi connectivity index (χ0n) is 9.07. The van der Waals surface area contributed by atoms with Crippen molar-refractivity contribution in [2.75, 3.05) is 13.6 Å². The van der Waals surface area contributed by atoms with Gasteiger partial charge in [0.25, 0.3) is 10.0 Å². The number of carbonyl (C=O) groups excluding carboxylic acids is 1. The summed E-state index contributed by atoms with van der Waals surface area (Å²) in [7, 11) is -2.10. The summed E-state index contributed by atoms with van der Waals surface area (Å²) in [6.07, 6.45) is 1.33. The van der Waals surface area contributed by atoms with Crippen LogP contribution >= 0.6 is 0 Å². The number of carbonyl (C=O) groups is 1. The van der Waals surface area contributed by atoms with Crippen LogP contribution in [0.3, 0.4) is 0 Å². The number of nitrogens with one attached hydrogen (secondary N) is 3. The van der Waals surface area contributed by atoms with Crippen molar-refractivity contribution >= 4 is 15.9 Å². The van der Waals surface area contributed by atoms with E-state index in [9.17, 15) is 13.2 Å². The second kappa shape index (κ2) is 5.08. The number of rotatable bonds is 5. The minimum Gasteiger partial charge on any atom is -0.359 e. The maximum atomic E-state index is 11.6. The molecule has 0 aliphatic heterocycles. The number of H-pyrrole nitrogens is 1. The van der Waals surface area contributed by atoms with E-state index in [4.69, 9.17) is 0 Å². The first kappa shape index (κ1) is 12.7. The van der Waals surface area contributed by atoms with Gasteiger partial charge in [0.05, 0.1) is 6.20 Å². The number of aromatic amines is 1. The number of imidazole rings is 1. The van der Waals surface area contributed by atoms with Crippen LogP contribution in [0.4, 0.5) is 0 Å². The van der Waals surface area contributed by atoms with Crippen LogP contribution in [-0.2, 0) is 14.8 Å². The van der Waals surface area contributed by atoms with Crippen molar-refractivity contribution in [3.8, 4) is 0 Å². The highest BCUT2D eigenvalue weighted by Gasteiger charge is 2.15. The maximum absolute atomic E-state index is 11.6. The molecule has 0 saturated heterocycles. The lowest BCUT2D eigenvalue weighted by atomic mass is 10.4. The maximum Gasteiger partial charge on any atom is 0.257 e. The quantitative estimate of drug-likeness (QED) is 0.628. The summed E-state index contributed by atoms with van der Waals surface area (Å²) < 4.78 is 25.5. The van der Waals surface area contributed by atoms with Gasteiger partial charge in [0.15, 0.2) is 5.03 Å². The third-order valence-electron chi connectivity index (χ3n) is 1.89. The van der Waals surface area contributed by atoms with Gasteiger partial charge < -0.3 is 10.3 Å². The molecule has 0 aliphatic rings. The molecule has 16 heavy (non-hydrogen) atoms. The minimum atomic E-state index is -3.59. The molecule has 0 unspecified atom stereocenters. The smallest absolute Gasteiger partial charge is 0.257 e. The van der Waals surface area contributed by atoms with Gasteiger partial charge >= 0.3 is 0 Å². The molecule has 0 atom stereocenters. The number of sulfonamides is 1. The molecule has 90 valence electrons. The van der Waals surface area contributed by atoms with Crippen LogP contribution in [0, 0.1) is 6.92 Å². The van der Waals surface area contributed by atoms with Crippen LogP contribution in [0.2, 0.25) is 0 Å². The number of amides is 1. The van der Waals surface area contributed by atoms with Crippen LogP contribution in [-0.4, -0.2) is 37.9 Å². The van der Waals surface area contributed by atoms with Gasteiger partial charge in [0.2, 0.25) is 5.91 Å². The third-order valence-corrected chi connectivity index (χ3v) is 3.26. The van der Waals surface area contributed by atoms with Crippen molar-refractivity contribution in [1.82, 2.24) is 20.0 Å². The van der Waals surface area contributed by atoms with Crippen molar-refractivity contribution in [3.63, 3.8) is 0 Å². The number of hydrogen-bond acceptors (Lipinski definition) is 4. The Morgan fingerprint density at radius 1 is 1.56 bits per heavy atom. The molecule has 0 spiro atoms. The largest absolute Gasteiger partial charge is 0.359 e. The van der Waals surface area contributed by atoms with E-state index in [0.29, 0.717) is 5.82 Å². The molecule has 0 aromatic carbocycles. The Bertz CT molecular complexity index is 465. The van der Waals surface area contributed by atoms with E-state index in [0.717, 1.165) is 0 Å². The molecule has 0 aliphatic carbocycles. The van der Waals surface area contributed by atoms with E-state index in [1.165, 1.54) is 13.2 Å². The zero-order valence-corrected chi connectivity index (χ0v) is 9.89. The van der Waals surface area contributed by atoms with Crippen LogP contribution in [0.25, 0.3) is 0 Å². The van der Waals surface area contributed by atoms with Crippen molar-refractivity contribution in [3.05, 3.63) is 12.0 Å². The summed E-state index contributed by atoms with van der Waals surface area (Å²) in [5.74, 6) is 0.301. The van der Waals surface area contributed by atoms with Gasteiger partial charge in [0, 0.05) is 20.0 Å². The van der Waals surface area contributed by atoms with E-state index in [2.05, 4.69) is 20.0 Å². The van der Waals surface area contributed by atoms with Crippen molar-refractivity contribution < 1.29 is 13.2 Å². The molecule has 1 aromatic rings. The predicted molar refractivity (Wildman–Crippen MR) is 57.2 cm³/mol. The second-order valence-electron chi connectivity index (χ2n) is 3.15. The fourth-order valence-corrected chi connectivity index (χ4v) is 2.04. The molecule has 0 fully saturated rings. The molecule has 0 saturated carbocycles. The highest BCUT2D eigenvalue weighted by atomic mass is 32.2. The summed E-state index contributed by atoms with van der Waals surface area (Å²) in [4.78, 5) is 17.3. The summed E-state index contributed by atoms with van der Waals surface area (Å²) in [6.45, 7) is 1.71.